The van der Waals surface area contributed by atoms with Gasteiger partial charge in [0.15, 0.2) is 0 Å². The predicted molar refractivity (Wildman–Crippen MR) is 76.4 cm³/mol. The van der Waals surface area contributed by atoms with E-state index in [1.54, 1.807) is 0 Å². The summed E-state index contributed by atoms with van der Waals surface area (Å²) < 4.78 is 0. The van der Waals surface area contributed by atoms with Crippen LogP contribution in [0.15, 0.2) is 24.3 Å². The van der Waals surface area contributed by atoms with Gasteiger partial charge in [-0.3, -0.25) is 4.79 Å². The van der Waals surface area contributed by atoms with Crippen molar-refractivity contribution in [3.8, 4) is 0 Å². The molecule has 1 aromatic carbocycles. The summed E-state index contributed by atoms with van der Waals surface area (Å²) in [4.78, 5) is 12.2. The first-order valence-corrected chi connectivity index (χ1v) is 6.61. The van der Waals surface area contributed by atoms with E-state index >= 15 is 0 Å². The van der Waals surface area contributed by atoms with Crippen LogP contribution in [0, 0.1) is 18.8 Å². The highest BCUT2D eigenvalue weighted by molar-refractivity contribution is 5.93. The molecule has 3 nitrogen and oxygen atoms in total. The Morgan fingerprint density at radius 3 is 2.56 bits per heavy atom. The Labute approximate surface area is 110 Å². The van der Waals surface area contributed by atoms with Crippen LogP contribution in [0.3, 0.4) is 0 Å². The van der Waals surface area contributed by atoms with Gasteiger partial charge in [-0.15, -0.1) is 0 Å². The molecule has 0 aliphatic heterocycles. The largest absolute Gasteiger partial charge is 0.330 e. The molecule has 1 atom stereocenters. The molecule has 0 aromatic heterocycles. The number of rotatable bonds is 6. The maximum atomic E-state index is 12.2. The van der Waals surface area contributed by atoms with Crippen LogP contribution in [0.5, 0.6) is 0 Å². The Kier molecular flexibility index (Phi) is 5.86. The molecule has 0 saturated carbocycles. The molecule has 0 spiro atoms. The first kappa shape index (κ1) is 14.7. The molecule has 1 amide bonds. The zero-order valence-electron chi connectivity index (χ0n) is 11.6. The smallest absolute Gasteiger partial charge is 0.227 e. The van der Waals surface area contributed by atoms with Gasteiger partial charge in [0.1, 0.15) is 0 Å². The van der Waals surface area contributed by atoms with Crippen molar-refractivity contribution in [2.45, 2.75) is 33.6 Å². The Morgan fingerprint density at radius 2 is 2.00 bits per heavy atom. The van der Waals surface area contributed by atoms with Crippen molar-refractivity contribution >= 4 is 11.6 Å². The van der Waals surface area contributed by atoms with Gasteiger partial charge in [-0.25, -0.2) is 0 Å². The van der Waals surface area contributed by atoms with Crippen LogP contribution in [-0.2, 0) is 4.79 Å². The highest BCUT2D eigenvalue weighted by Crippen LogP contribution is 2.19. The second-order valence-corrected chi connectivity index (χ2v) is 5.21. The van der Waals surface area contributed by atoms with E-state index < -0.39 is 0 Å². The molecule has 0 radical (unpaired) electrons. The maximum Gasteiger partial charge on any atom is 0.227 e. The molecule has 1 unspecified atom stereocenters. The summed E-state index contributed by atoms with van der Waals surface area (Å²) in [5.74, 6) is 0.599. The normalized spacial score (nSPS) is 12.5. The quantitative estimate of drug-likeness (QED) is 0.813. The summed E-state index contributed by atoms with van der Waals surface area (Å²) in [6, 6.07) is 7.83. The standard InChI is InChI=1S/C15H24N2O/c1-11(2)10-13(8-9-16)15(18)17-14-7-5-4-6-12(14)3/h4-7,11,13H,8-10,16H2,1-3H3,(H,17,18). The van der Waals surface area contributed by atoms with Gasteiger partial charge in [0.2, 0.25) is 5.91 Å². The van der Waals surface area contributed by atoms with Crippen LogP contribution in [0.25, 0.3) is 0 Å². The third kappa shape index (κ3) is 4.49. The van der Waals surface area contributed by atoms with Crippen molar-refractivity contribution < 1.29 is 4.79 Å². The van der Waals surface area contributed by atoms with Gasteiger partial charge < -0.3 is 11.1 Å². The fourth-order valence-corrected chi connectivity index (χ4v) is 2.07. The summed E-state index contributed by atoms with van der Waals surface area (Å²) in [7, 11) is 0. The number of benzene rings is 1. The van der Waals surface area contributed by atoms with E-state index in [9.17, 15) is 4.79 Å². The Bertz CT molecular complexity index is 388. The van der Waals surface area contributed by atoms with Crippen LogP contribution in [0.2, 0.25) is 0 Å². The molecule has 0 aliphatic carbocycles. The molecule has 3 heteroatoms. The summed E-state index contributed by atoms with van der Waals surface area (Å²) in [5, 5.41) is 3.01. The highest BCUT2D eigenvalue weighted by Gasteiger charge is 2.19. The lowest BCUT2D eigenvalue weighted by molar-refractivity contribution is -0.120. The number of aryl methyl sites for hydroxylation is 1. The molecular weight excluding hydrogens is 224 g/mol. The molecule has 18 heavy (non-hydrogen) atoms. The van der Waals surface area contributed by atoms with Gasteiger partial charge in [0.25, 0.3) is 0 Å². The highest BCUT2D eigenvalue weighted by atomic mass is 16.1. The van der Waals surface area contributed by atoms with E-state index in [4.69, 9.17) is 5.73 Å². The van der Waals surface area contributed by atoms with Gasteiger partial charge in [-0.2, -0.15) is 0 Å². The number of nitrogens with two attached hydrogens (primary N) is 1. The number of amides is 1. The third-order valence-electron chi connectivity index (χ3n) is 3.04. The summed E-state index contributed by atoms with van der Waals surface area (Å²) >= 11 is 0. The first-order chi connectivity index (χ1) is 8.54. The number of hydrogen-bond donors (Lipinski definition) is 2. The van der Waals surface area contributed by atoms with Crippen molar-refractivity contribution in [3.05, 3.63) is 29.8 Å². The molecule has 1 rings (SSSR count). The number of carbonyl (C=O) groups is 1. The number of para-hydroxylation sites is 1. The lowest BCUT2D eigenvalue weighted by Gasteiger charge is -2.18. The van der Waals surface area contributed by atoms with Crippen molar-refractivity contribution in [1.29, 1.82) is 0 Å². The lowest BCUT2D eigenvalue weighted by atomic mass is 9.93. The van der Waals surface area contributed by atoms with E-state index in [0.29, 0.717) is 12.5 Å². The molecule has 3 N–H and O–H groups in total. The number of hydrogen-bond acceptors (Lipinski definition) is 2. The average Bonchev–Trinajstić information content (AvgIpc) is 2.31. The molecule has 0 bridgehead atoms. The summed E-state index contributed by atoms with van der Waals surface area (Å²) in [6.45, 7) is 6.81. The minimum Gasteiger partial charge on any atom is -0.330 e. The van der Waals surface area contributed by atoms with E-state index in [-0.39, 0.29) is 11.8 Å². The lowest BCUT2D eigenvalue weighted by Crippen LogP contribution is -2.26. The van der Waals surface area contributed by atoms with Crippen LogP contribution in [-0.4, -0.2) is 12.5 Å². The number of anilines is 1. The second-order valence-electron chi connectivity index (χ2n) is 5.21. The SMILES string of the molecule is Cc1ccccc1NC(=O)C(CCN)CC(C)C. The van der Waals surface area contributed by atoms with Crippen molar-refractivity contribution in [2.75, 3.05) is 11.9 Å². The van der Waals surface area contributed by atoms with E-state index in [0.717, 1.165) is 24.1 Å². The molecule has 100 valence electrons. The first-order valence-electron chi connectivity index (χ1n) is 6.61. The predicted octanol–water partition coefficient (Wildman–Crippen LogP) is 2.94. The summed E-state index contributed by atoms with van der Waals surface area (Å²) in [5.41, 5.74) is 7.57. The molecular formula is C15H24N2O. The van der Waals surface area contributed by atoms with Gasteiger partial charge in [0, 0.05) is 11.6 Å². The van der Waals surface area contributed by atoms with E-state index in [2.05, 4.69) is 19.2 Å². The Hall–Kier alpha value is -1.35. The van der Waals surface area contributed by atoms with Crippen molar-refractivity contribution in [1.82, 2.24) is 0 Å². The van der Waals surface area contributed by atoms with Crippen molar-refractivity contribution in [2.24, 2.45) is 17.6 Å². The second kappa shape index (κ2) is 7.17. The molecule has 0 heterocycles. The van der Waals surface area contributed by atoms with Crippen LogP contribution in [0.4, 0.5) is 5.69 Å². The molecule has 0 saturated heterocycles. The van der Waals surface area contributed by atoms with Crippen LogP contribution >= 0.6 is 0 Å². The van der Waals surface area contributed by atoms with Gasteiger partial charge >= 0.3 is 0 Å². The zero-order chi connectivity index (χ0) is 13.5. The fraction of sp³-hybridized carbons (Fsp3) is 0.533. The fourth-order valence-electron chi connectivity index (χ4n) is 2.07. The topological polar surface area (TPSA) is 55.1 Å². The Morgan fingerprint density at radius 1 is 1.33 bits per heavy atom. The van der Waals surface area contributed by atoms with Gasteiger partial charge in [-0.05, 0) is 43.9 Å². The number of nitrogens with one attached hydrogen (secondary N) is 1. The van der Waals surface area contributed by atoms with Gasteiger partial charge in [-0.1, -0.05) is 32.0 Å². The molecule has 0 fully saturated rings. The minimum absolute atomic E-state index is 0.00889. The zero-order valence-corrected chi connectivity index (χ0v) is 11.6. The van der Waals surface area contributed by atoms with Crippen molar-refractivity contribution in [3.63, 3.8) is 0 Å². The molecule has 0 aliphatic rings. The monoisotopic (exact) mass is 248 g/mol. The van der Waals surface area contributed by atoms with Gasteiger partial charge in [0.05, 0.1) is 0 Å². The Balaban J connectivity index is 2.69. The average molecular weight is 248 g/mol. The number of carbonyl (C=O) groups excluding carboxylic acids is 1. The summed E-state index contributed by atoms with van der Waals surface area (Å²) in [6.07, 6.45) is 1.63. The minimum atomic E-state index is 0.00889. The van der Waals surface area contributed by atoms with Crippen LogP contribution < -0.4 is 11.1 Å². The van der Waals surface area contributed by atoms with E-state index in [1.165, 1.54) is 0 Å². The van der Waals surface area contributed by atoms with Crippen LogP contribution in [0.1, 0.15) is 32.3 Å². The maximum absolute atomic E-state index is 12.2. The third-order valence-corrected chi connectivity index (χ3v) is 3.04. The van der Waals surface area contributed by atoms with E-state index in [1.807, 2.05) is 31.2 Å². The molecule has 1 aromatic rings.